The van der Waals surface area contributed by atoms with E-state index < -0.39 is 17.3 Å². The van der Waals surface area contributed by atoms with E-state index in [-0.39, 0.29) is 29.4 Å². The van der Waals surface area contributed by atoms with Crippen LogP contribution in [0.1, 0.15) is 27.2 Å². The summed E-state index contributed by atoms with van der Waals surface area (Å²) in [6, 6.07) is 16.5. The van der Waals surface area contributed by atoms with Crippen molar-refractivity contribution in [1.82, 2.24) is 14.9 Å². The van der Waals surface area contributed by atoms with Crippen molar-refractivity contribution in [2.75, 3.05) is 12.4 Å². The number of amides is 1. The molecule has 0 unspecified atom stereocenters. The quantitative estimate of drug-likeness (QED) is 0.352. The van der Waals surface area contributed by atoms with Crippen LogP contribution in [-0.4, -0.2) is 22.6 Å². The van der Waals surface area contributed by atoms with Crippen LogP contribution in [0.3, 0.4) is 0 Å². The maximum atomic E-state index is 14.7. The summed E-state index contributed by atoms with van der Waals surface area (Å²) in [5.74, 6) is 0.0915. The van der Waals surface area contributed by atoms with Crippen LogP contribution >= 0.6 is 0 Å². The number of benzene rings is 2. The lowest BCUT2D eigenvalue weighted by Crippen LogP contribution is -2.29. The number of carbonyl (C=O) groups excluding carboxylic acids is 1. The molecule has 4 aromatic rings. The predicted molar refractivity (Wildman–Crippen MR) is 139 cm³/mol. The fraction of sp³-hybridized carbons (Fsp3) is 0.179. The van der Waals surface area contributed by atoms with E-state index >= 15 is 0 Å². The summed E-state index contributed by atoms with van der Waals surface area (Å²) in [7, 11) is 3.07. The molecule has 0 fully saturated rings. The van der Waals surface area contributed by atoms with E-state index in [1.54, 1.807) is 50.4 Å². The first kappa shape index (κ1) is 25.4. The second-order valence-electron chi connectivity index (χ2n) is 8.51. The number of aryl methyl sites for hydroxylation is 2. The zero-order chi connectivity index (χ0) is 26.5. The average molecular weight is 503 g/mol. The van der Waals surface area contributed by atoms with Gasteiger partial charge in [0, 0.05) is 25.4 Å². The molecule has 8 nitrogen and oxygen atoms in total. The SMILES string of the molecule is COc1ccc(CNC(=O)c2c(Oc3ccc(C)nc3)cc(=O)n(C)c2Nc2ccc(C)cc2F)cc1. The Morgan fingerprint density at radius 2 is 1.76 bits per heavy atom. The molecule has 4 rings (SSSR count). The van der Waals surface area contributed by atoms with E-state index in [4.69, 9.17) is 9.47 Å². The van der Waals surface area contributed by atoms with Gasteiger partial charge in [-0.3, -0.25) is 19.1 Å². The predicted octanol–water partition coefficient (Wildman–Crippen LogP) is 5.01. The normalized spacial score (nSPS) is 10.6. The van der Waals surface area contributed by atoms with E-state index in [0.717, 1.165) is 16.8 Å². The molecule has 0 aliphatic carbocycles. The van der Waals surface area contributed by atoms with Crippen LogP contribution in [0.25, 0.3) is 0 Å². The van der Waals surface area contributed by atoms with Gasteiger partial charge in [0.05, 0.1) is 19.0 Å². The Balaban J connectivity index is 1.75. The molecular formula is C28H27FN4O4. The number of ether oxygens (including phenoxy) is 2. The maximum absolute atomic E-state index is 14.7. The van der Waals surface area contributed by atoms with E-state index in [0.29, 0.717) is 11.5 Å². The summed E-state index contributed by atoms with van der Waals surface area (Å²) in [6.07, 6.45) is 1.50. The molecule has 9 heteroatoms. The summed E-state index contributed by atoms with van der Waals surface area (Å²) in [5.41, 5.74) is 2.06. The molecule has 2 aromatic heterocycles. The lowest BCUT2D eigenvalue weighted by Gasteiger charge is -2.19. The Morgan fingerprint density at radius 3 is 2.41 bits per heavy atom. The maximum Gasteiger partial charge on any atom is 0.259 e. The lowest BCUT2D eigenvalue weighted by molar-refractivity contribution is 0.0948. The molecule has 0 aliphatic heterocycles. The van der Waals surface area contributed by atoms with Gasteiger partial charge in [-0.2, -0.15) is 0 Å². The van der Waals surface area contributed by atoms with Gasteiger partial charge < -0.3 is 20.1 Å². The highest BCUT2D eigenvalue weighted by atomic mass is 19.1. The summed E-state index contributed by atoms with van der Waals surface area (Å²) >= 11 is 0. The molecule has 1 amide bonds. The number of anilines is 2. The molecule has 2 N–H and O–H groups in total. The summed E-state index contributed by atoms with van der Waals surface area (Å²) in [4.78, 5) is 30.6. The third kappa shape index (κ3) is 5.95. The Kier molecular flexibility index (Phi) is 7.52. The van der Waals surface area contributed by atoms with Gasteiger partial charge in [0.15, 0.2) is 0 Å². The minimum Gasteiger partial charge on any atom is -0.497 e. The number of pyridine rings is 2. The number of methoxy groups -OCH3 is 1. The van der Waals surface area contributed by atoms with Crippen LogP contribution in [0.2, 0.25) is 0 Å². The van der Waals surface area contributed by atoms with Gasteiger partial charge in [0.1, 0.15) is 34.4 Å². The van der Waals surface area contributed by atoms with E-state index in [2.05, 4.69) is 15.6 Å². The van der Waals surface area contributed by atoms with Crippen molar-refractivity contribution in [1.29, 1.82) is 0 Å². The van der Waals surface area contributed by atoms with Crippen LogP contribution in [-0.2, 0) is 13.6 Å². The molecule has 2 aromatic carbocycles. The van der Waals surface area contributed by atoms with Crippen LogP contribution in [0.4, 0.5) is 15.9 Å². The van der Waals surface area contributed by atoms with Gasteiger partial charge in [0.2, 0.25) is 0 Å². The Hall–Kier alpha value is -4.66. The molecule has 0 saturated carbocycles. The number of hydrogen-bond acceptors (Lipinski definition) is 6. The molecule has 37 heavy (non-hydrogen) atoms. The van der Waals surface area contributed by atoms with Crippen molar-refractivity contribution < 1.29 is 18.7 Å². The highest BCUT2D eigenvalue weighted by Crippen LogP contribution is 2.31. The van der Waals surface area contributed by atoms with Gasteiger partial charge in [-0.1, -0.05) is 18.2 Å². The monoisotopic (exact) mass is 502 g/mol. The highest BCUT2D eigenvalue weighted by Gasteiger charge is 2.23. The average Bonchev–Trinajstić information content (AvgIpc) is 2.88. The molecular weight excluding hydrogens is 475 g/mol. The van der Waals surface area contributed by atoms with Crippen molar-refractivity contribution in [2.24, 2.45) is 7.05 Å². The third-order valence-electron chi connectivity index (χ3n) is 5.73. The van der Waals surface area contributed by atoms with Crippen LogP contribution in [0, 0.1) is 19.7 Å². The molecule has 0 radical (unpaired) electrons. The van der Waals surface area contributed by atoms with Crippen molar-refractivity contribution in [3.05, 3.63) is 105 Å². The van der Waals surface area contributed by atoms with Crippen molar-refractivity contribution >= 4 is 17.4 Å². The summed E-state index contributed by atoms with van der Waals surface area (Å²) < 4.78 is 27.1. The largest absolute Gasteiger partial charge is 0.497 e. The van der Waals surface area contributed by atoms with Crippen LogP contribution in [0.15, 0.2) is 71.7 Å². The molecule has 190 valence electrons. The smallest absolute Gasteiger partial charge is 0.259 e. The first-order chi connectivity index (χ1) is 17.7. The van der Waals surface area contributed by atoms with Gasteiger partial charge >= 0.3 is 0 Å². The van der Waals surface area contributed by atoms with E-state index in [1.807, 2.05) is 19.1 Å². The van der Waals surface area contributed by atoms with Gasteiger partial charge in [0.25, 0.3) is 11.5 Å². The summed E-state index contributed by atoms with van der Waals surface area (Å²) in [5, 5.41) is 5.78. The first-order valence-electron chi connectivity index (χ1n) is 11.5. The number of rotatable bonds is 8. The second-order valence-corrected chi connectivity index (χ2v) is 8.51. The number of aromatic nitrogens is 2. The fourth-order valence-corrected chi connectivity index (χ4v) is 3.63. The number of carbonyl (C=O) groups is 1. The third-order valence-corrected chi connectivity index (χ3v) is 5.73. The number of nitrogens with one attached hydrogen (secondary N) is 2. The standard InChI is InChI=1S/C28H27FN4O4/c1-17-5-12-23(22(29)13-17)32-27-26(28(35)31-15-19-7-10-20(36-4)11-8-19)24(14-25(34)33(27)3)37-21-9-6-18(2)30-16-21/h5-14,16,32H,15H2,1-4H3,(H,31,35). The van der Waals surface area contributed by atoms with Crippen molar-refractivity contribution in [3.8, 4) is 17.2 Å². The Labute approximate surface area is 213 Å². The minimum atomic E-state index is -0.522. The molecule has 0 atom stereocenters. The van der Waals surface area contributed by atoms with Crippen LogP contribution < -0.4 is 25.7 Å². The fourth-order valence-electron chi connectivity index (χ4n) is 3.63. The molecule has 2 heterocycles. The number of nitrogens with zero attached hydrogens (tertiary/aromatic N) is 2. The lowest BCUT2D eigenvalue weighted by atomic mass is 10.1. The second kappa shape index (κ2) is 10.9. The topological polar surface area (TPSA) is 94.5 Å². The highest BCUT2D eigenvalue weighted by molar-refractivity contribution is 6.02. The van der Waals surface area contributed by atoms with Crippen molar-refractivity contribution in [2.45, 2.75) is 20.4 Å². The first-order valence-corrected chi connectivity index (χ1v) is 11.5. The molecule has 0 aliphatic rings. The zero-order valence-corrected chi connectivity index (χ0v) is 21.0. The van der Waals surface area contributed by atoms with Gasteiger partial charge in [-0.05, 0) is 61.4 Å². The van der Waals surface area contributed by atoms with E-state index in [1.165, 1.54) is 29.9 Å². The Morgan fingerprint density at radius 1 is 1.03 bits per heavy atom. The van der Waals surface area contributed by atoms with Gasteiger partial charge in [-0.15, -0.1) is 0 Å². The van der Waals surface area contributed by atoms with Gasteiger partial charge in [-0.25, -0.2) is 4.39 Å². The minimum absolute atomic E-state index is 0.0102. The molecule has 0 spiro atoms. The Bertz CT molecular complexity index is 1480. The number of hydrogen-bond donors (Lipinski definition) is 2. The number of halogens is 1. The zero-order valence-electron chi connectivity index (χ0n) is 21.0. The van der Waals surface area contributed by atoms with Crippen molar-refractivity contribution in [3.63, 3.8) is 0 Å². The summed E-state index contributed by atoms with van der Waals surface area (Å²) in [6.45, 7) is 3.80. The van der Waals surface area contributed by atoms with Crippen LogP contribution in [0.5, 0.6) is 17.2 Å². The molecule has 0 bridgehead atoms. The molecule has 0 saturated heterocycles. The van der Waals surface area contributed by atoms with E-state index in [9.17, 15) is 14.0 Å².